The lowest BCUT2D eigenvalue weighted by molar-refractivity contribution is 0.0898. The van der Waals surface area contributed by atoms with E-state index in [0.29, 0.717) is 30.3 Å². The van der Waals surface area contributed by atoms with Crippen molar-refractivity contribution in [1.82, 2.24) is 9.62 Å². The maximum atomic E-state index is 12.9. The number of carbonyl (C=O) groups is 1. The Morgan fingerprint density at radius 2 is 1.81 bits per heavy atom. The minimum absolute atomic E-state index is 0.0638. The lowest BCUT2D eigenvalue weighted by atomic mass is 9.76. The first-order valence-corrected chi connectivity index (χ1v) is 12.6. The molecule has 31 heavy (non-hydrogen) atoms. The Bertz CT molecular complexity index is 992. The Morgan fingerprint density at radius 3 is 2.52 bits per heavy atom. The highest BCUT2D eigenvalue weighted by atomic mass is 35.5. The molecule has 0 bridgehead atoms. The Hall–Kier alpha value is -2.09. The largest absolute Gasteiger partial charge is 0.445 e. The van der Waals surface area contributed by atoms with Crippen LogP contribution in [0.2, 0.25) is 5.02 Å². The summed E-state index contributed by atoms with van der Waals surface area (Å²) < 4.78 is 34.1. The number of carbonyl (C=O) groups excluding carboxylic acids is 1. The van der Waals surface area contributed by atoms with Crippen molar-refractivity contribution < 1.29 is 17.9 Å². The summed E-state index contributed by atoms with van der Waals surface area (Å²) in [5.74, 6) is 0.348. The van der Waals surface area contributed by atoms with Crippen LogP contribution >= 0.6 is 11.6 Å². The average molecular weight is 463 g/mol. The molecule has 4 rings (SSSR count). The van der Waals surface area contributed by atoms with Gasteiger partial charge in [-0.15, -0.1) is 0 Å². The van der Waals surface area contributed by atoms with E-state index in [2.05, 4.69) is 4.72 Å². The second kappa shape index (κ2) is 9.59. The highest BCUT2D eigenvalue weighted by molar-refractivity contribution is 7.90. The topological polar surface area (TPSA) is 75.7 Å². The number of rotatable bonds is 6. The summed E-state index contributed by atoms with van der Waals surface area (Å²) in [5, 5.41) is 0.0876. The van der Waals surface area contributed by atoms with Crippen molar-refractivity contribution >= 4 is 27.7 Å². The number of hydrogen-bond donors (Lipinski definition) is 1. The van der Waals surface area contributed by atoms with Crippen LogP contribution in [0.15, 0.2) is 54.6 Å². The standard InChI is InChI=1S/C23H27ClN2O4S/c24-20-10-8-18(9-11-20)19-13-21(14-19)25-31(28,29)22-7-4-12-26(15-22)23(27)30-16-17-5-2-1-3-6-17/h1-3,5-6,8-11,19,21-22,25H,4,7,12-16H2. The molecule has 1 aliphatic carbocycles. The molecule has 2 aromatic carbocycles. The first kappa shape index (κ1) is 22.1. The normalized spacial score (nSPS) is 23.8. The highest BCUT2D eigenvalue weighted by Crippen LogP contribution is 2.38. The zero-order chi connectivity index (χ0) is 21.8. The maximum absolute atomic E-state index is 12.9. The molecule has 2 aromatic rings. The molecule has 6 nitrogen and oxygen atoms in total. The van der Waals surface area contributed by atoms with Gasteiger partial charge in [-0.25, -0.2) is 17.9 Å². The molecule has 1 atom stereocenters. The third-order valence-electron chi connectivity index (χ3n) is 6.09. The van der Waals surface area contributed by atoms with Gasteiger partial charge in [-0.1, -0.05) is 54.1 Å². The molecule has 1 amide bonds. The Labute approximate surface area is 188 Å². The van der Waals surface area contributed by atoms with E-state index in [1.165, 1.54) is 10.5 Å². The van der Waals surface area contributed by atoms with Crippen molar-refractivity contribution in [2.24, 2.45) is 0 Å². The van der Waals surface area contributed by atoms with Gasteiger partial charge in [-0.2, -0.15) is 0 Å². The number of piperidine rings is 1. The number of sulfonamides is 1. The summed E-state index contributed by atoms with van der Waals surface area (Å²) in [4.78, 5) is 13.9. The minimum Gasteiger partial charge on any atom is -0.445 e. The quantitative estimate of drug-likeness (QED) is 0.694. The van der Waals surface area contributed by atoms with Gasteiger partial charge in [0.15, 0.2) is 0 Å². The van der Waals surface area contributed by atoms with Crippen LogP contribution in [0.4, 0.5) is 4.79 Å². The van der Waals surface area contributed by atoms with Gasteiger partial charge in [0.1, 0.15) is 6.61 Å². The monoisotopic (exact) mass is 462 g/mol. The van der Waals surface area contributed by atoms with Gasteiger partial charge in [-0.05, 0) is 54.9 Å². The van der Waals surface area contributed by atoms with E-state index < -0.39 is 21.4 Å². The van der Waals surface area contributed by atoms with E-state index in [0.717, 1.165) is 18.4 Å². The van der Waals surface area contributed by atoms with E-state index in [-0.39, 0.29) is 19.2 Å². The third-order valence-corrected chi connectivity index (χ3v) is 8.27. The van der Waals surface area contributed by atoms with Crippen molar-refractivity contribution in [2.45, 2.75) is 49.5 Å². The highest BCUT2D eigenvalue weighted by Gasteiger charge is 2.38. The predicted octanol–water partition coefficient (Wildman–Crippen LogP) is 4.31. The van der Waals surface area contributed by atoms with E-state index >= 15 is 0 Å². The molecule has 1 saturated heterocycles. The van der Waals surface area contributed by atoms with Crippen LogP contribution < -0.4 is 4.72 Å². The van der Waals surface area contributed by atoms with Crippen LogP contribution in [0.1, 0.15) is 42.7 Å². The summed E-state index contributed by atoms with van der Waals surface area (Å²) in [5.41, 5.74) is 2.09. The van der Waals surface area contributed by atoms with E-state index in [1.807, 2.05) is 54.6 Å². The van der Waals surface area contributed by atoms with Gasteiger partial charge in [0, 0.05) is 24.2 Å². The van der Waals surface area contributed by atoms with Gasteiger partial charge >= 0.3 is 6.09 Å². The second-order valence-corrected chi connectivity index (χ2v) is 10.8. The number of hydrogen-bond acceptors (Lipinski definition) is 4. The Kier molecular flexibility index (Phi) is 6.84. The number of benzene rings is 2. The van der Waals surface area contributed by atoms with Crippen molar-refractivity contribution in [3.8, 4) is 0 Å². The number of likely N-dealkylation sites (tertiary alicyclic amines) is 1. The summed E-state index contributed by atoms with van der Waals surface area (Å²) >= 11 is 5.94. The molecule has 1 heterocycles. The second-order valence-electron chi connectivity index (χ2n) is 8.33. The summed E-state index contributed by atoms with van der Waals surface area (Å²) in [6, 6.07) is 17.1. The first-order valence-electron chi connectivity index (χ1n) is 10.6. The van der Waals surface area contributed by atoms with E-state index in [1.54, 1.807) is 0 Å². The van der Waals surface area contributed by atoms with E-state index in [4.69, 9.17) is 16.3 Å². The fraction of sp³-hybridized carbons (Fsp3) is 0.435. The van der Waals surface area contributed by atoms with Crippen molar-refractivity contribution in [2.75, 3.05) is 13.1 Å². The lowest BCUT2D eigenvalue weighted by Crippen LogP contribution is -2.52. The van der Waals surface area contributed by atoms with Crippen molar-refractivity contribution in [3.05, 3.63) is 70.7 Å². The van der Waals surface area contributed by atoms with Crippen LogP contribution in [0.5, 0.6) is 0 Å². The number of ether oxygens (including phenoxy) is 1. The maximum Gasteiger partial charge on any atom is 0.410 e. The van der Waals surface area contributed by atoms with Gasteiger partial charge in [-0.3, -0.25) is 0 Å². The summed E-state index contributed by atoms with van der Waals surface area (Å²) in [6.07, 6.45) is 2.28. The van der Waals surface area contributed by atoms with Crippen molar-refractivity contribution in [1.29, 1.82) is 0 Å². The minimum atomic E-state index is -3.51. The van der Waals surface area contributed by atoms with Crippen LogP contribution in [0.3, 0.4) is 0 Å². The number of nitrogens with one attached hydrogen (secondary N) is 1. The molecule has 0 spiro atoms. The molecule has 166 valence electrons. The fourth-order valence-electron chi connectivity index (χ4n) is 4.22. The molecular formula is C23H27ClN2O4S. The molecule has 2 fully saturated rings. The molecule has 2 aliphatic rings. The molecule has 1 saturated carbocycles. The zero-order valence-corrected chi connectivity index (χ0v) is 18.8. The number of amides is 1. The lowest BCUT2D eigenvalue weighted by Gasteiger charge is -2.38. The van der Waals surface area contributed by atoms with Crippen LogP contribution in [-0.2, 0) is 21.4 Å². The van der Waals surface area contributed by atoms with Crippen LogP contribution in [0.25, 0.3) is 0 Å². The molecule has 0 aromatic heterocycles. The Morgan fingerprint density at radius 1 is 1.10 bits per heavy atom. The zero-order valence-electron chi connectivity index (χ0n) is 17.2. The van der Waals surface area contributed by atoms with Crippen LogP contribution in [-0.4, -0.2) is 43.8 Å². The average Bonchev–Trinajstić information content (AvgIpc) is 2.76. The summed E-state index contributed by atoms with van der Waals surface area (Å²) in [7, 11) is -3.51. The van der Waals surface area contributed by atoms with Gasteiger partial charge < -0.3 is 9.64 Å². The summed E-state index contributed by atoms with van der Waals surface area (Å²) in [6.45, 7) is 0.859. The molecule has 8 heteroatoms. The van der Waals surface area contributed by atoms with Gasteiger partial charge in [0.05, 0.1) is 5.25 Å². The molecule has 0 radical (unpaired) electrons. The molecule has 1 unspecified atom stereocenters. The SMILES string of the molecule is O=C(OCc1ccccc1)N1CCCC(S(=O)(=O)NC2CC(c3ccc(Cl)cc3)C2)C1. The van der Waals surface area contributed by atoms with Crippen molar-refractivity contribution in [3.63, 3.8) is 0 Å². The fourth-order valence-corrected chi connectivity index (χ4v) is 6.05. The van der Waals surface area contributed by atoms with E-state index in [9.17, 15) is 13.2 Å². The third kappa shape index (κ3) is 5.59. The molecular weight excluding hydrogens is 436 g/mol. The molecule has 1 N–H and O–H groups in total. The van der Waals surface area contributed by atoms with Crippen LogP contribution in [0, 0.1) is 0 Å². The first-order chi connectivity index (χ1) is 14.9. The molecule has 1 aliphatic heterocycles. The van der Waals surface area contributed by atoms with Gasteiger partial charge in [0.25, 0.3) is 0 Å². The Balaban J connectivity index is 1.27. The number of halogens is 1. The van der Waals surface area contributed by atoms with Gasteiger partial charge in [0.2, 0.25) is 10.0 Å². The smallest absolute Gasteiger partial charge is 0.410 e. The predicted molar refractivity (Wildman–Crippen MR) is 120 cm³/mol. The number of nitrogens with zero attached hydrogens (tertiary/aromatic N) is 1.